The summed E-state index contributed by atoms with van der Waals surface area (Å²) in [6.45, 7) is 1.75. The Morgan fingerprint density at radius 2 is 2.11 bits per heavy atom. The zero-order chi connectivity index (χ0) is 19.8. The number of nitrogens with zero attached hydrogens (tertiary/aromatic N) is 4. The Morgan fingerprint density at radius 1 is 1.37 bits per heavy atom. The van der Waals surface area contributed by atoms with Crippen molar-refractivity contribution in [3.05, 3.63) is 53.4 Å². The minimum Gasteiger partial charge on any atom is -0.301 e. The van der Waals surface area contributed by atoms with Crippen LogP contribution >= 0.6 is 0 Å². The lowest BCUT2D eigenvalue weighted by Crippen LogP contribution is -2.27. The van der Waals surface area contributed by atoms with Crippen LogP contribution in [0.2, 0.25) is 0 Å². The Kier molecular flexibility index (Phi) is 4.57. The number of hydrogen-bond acceptors (Lipinski definition) is 5. The summed E-state index contributed by atoms with van der Waals surface area (Å²) < 4.78 is 35.1. The first kappa shape index (κ1) is 18.4. The predicted molar refractivity (Wildman–Crippen MR) is 98.2 cm³/mol. The van der Waals surface area contributed by atoms with Gasteiger partial charge < -0.3 is 4.57 Å². The van der Waals surface area contributed by atoms with E-state index in [4.69, 9.17) is 9.81 Å². The Morgan fingerprint density at radius 3 is 2.78 bits per heavy atom. The molecule has 0 aliphatic rings. The fourth-order valence-electron chi connectivity index (χ4n) is 2.86. The fraction of sp³-hybridized carbons (Fsp3) is 0.118. The normalized spacial score (nSPS) is 11.8. The van der Waals surface area contributed by atoms with Crippen molar-refractivity contribution in [1.82, 2.24) is 19.1 Å². The van der Waals surface area contributed by atoms with Gasteiger partial charge in [-0.05, 0) is 37.3 Å². The van der Waals surface area contributed by atoms with Crippen LogP contribution in [-0.4, -0.2) is 33.2 Å². The second-order valence-corrected chi connectivity index (χ2v) is 6.95. The second-order valence-electron chi connectivity index (χ2n) is 5.79. The monoisotopic (exact) mass is 385 g/mol. The molecule has 0 unspecified atom stereocenters. The van der Waals surface area contributed by atoms with E-state index < -0.39 is 16.2 Å². The molecule has 27 heavy (non-hydrogen) atoms. The molecule has 0 atom stereocenters. The van der Waals surface area contributed by atoms with Crippen LogP contribution in [0.3, 0.4) is 0 Å². The van der Waals surface area contributed by atoms with Crippen LogP contribution in [0, 0.1) is 18.3 Å². The van der Waals surface area contributed by atoms with Crippen molar-refractivity contribution in [3.8, 4) is 11.9 Å². The number of hydrogen-bond donors (Lipinski definition) is 2. The zero-order valence-corrected chi connectivity index (χ0v) is 15.2. The largest absolute Gasteiger partial charge is 0.359 e. The van der Waals surface area contributed by atoms with Crippen molar-refractivity contribution < 1.29 is 17.8 Å². The molecule has 10 heteroatoms. The van der Waals surface area contributed by atoms with Gasteiger partial charge in [0.05, 0.1) is 22.8 Å². The van der Waals surface area contributed by atoms with Gasteiger partial charge in [-0.25, -0.2) is 4.72 Å². The number of carbonyl (C=O) groups excluding carboxylic acids is 1. The van der Waals surface area contributed by atoms with E-state index in [-0.39, 0.29) is 0 Å². The van der Waals surface area contributed by atoms with Gasteiger partial charge in [0.2, 0.25) is 0 Å². The molecular weight excluding hydrogens is 370 g/mol. The number of nitriles is 1. The number of rotatable bonds is 4. The molecule has 9 nitrogen and oxygen atoms in total. The zero-order valence-electron chi connectivity index (χ0n) is 14.4. The van der Waals surface area contributed by atoms with Gasteiger partial charge in [0.25, 0.3) is 5.91 Å². The second kappa shape index (κ2) is 6.71. The third-order valence-electron chi connectivity index (χ3n) is 3.92. The maximum atomic E-state index is 11.6. The minimum absolute atomic E-state index is 0.545. The van der Waals surface area contributed by atoms with E-state index in [1.165, 1.54) is 10.8 Å². The van der Waals surface area contributed by atoms with Gasteiger partial charge in [-0.3, -0.25) is 14.0 Å². The number of amides is 1. The van der Waals surface area contributed by atoms with Crippen molar-refractivity contribution in [2.45, 2.75) is 6.92 Å². The Bertz CT molecular complexity index is 1230. The van der Waals surface area contributed by atoms with Crippen molar-refractivity contribution >= 4 is 33.2 Å². The Hall–Kier alpha value is -3.42. The van der Waals surface area contributed by atoms with Gasteiger partial charge in [0.1, 0.15) is 5.82 Å². The molecule has 1 aromatic carbocycles. The lowest BCUT2D eigenvalue weighted by Gasteiger charge is -2.08. The molecule has 3 aromatic rings. The molecule has 0 aliphatic heterocycles. The van der Waals surface area contributed by atoms with Crippen molar-refractivity contribution in [3.63, 3.8) is 0 Å². The van der Waals surface area contributed by atoms with E-state index in [1.807, 2.05) is 22.9 Å². The summed E-state index contributed by atoms with van der Waals surface area (Å²) in [6.07, 6.45) is 4.24. The first-order valence-corrected chi connectivity index (χ1v) is 9.16. The Labute approximate surface area is 155 Å². The van der Waals surface area contributed by atoms with Gasteiger partial charge >= 0.3 is 10.3 Å². The van der Waals surface area contributed by atoms with Gasteiger partial charge in [0, 0.05) is 30.3 Å². The maximum absolute atomic E-state index is 11.6. The number of aromatic nitrogens is 3. The fourth-order valence-corrected chi connectivity index (χ4v) is 3.18. The van der Waals surface area contributed by atoms with Crippen LogP contribution in [0.15, 0.2) is 36.5 Å². The van der Waals surface area contributed by atoms with Crippen molar-refractivity contribution in [1.29, 1.82) is 5.26 Å². The summed E-state index contributed by atoms with van der Waals surface area (Å²) in [7, 11) is -2.88. The van der Waals surface area contributed by atoms with E-state index >= 15 is 0 Å². The molecule has 2 N–H and O–H groups in total. The SMILES string of the molecule is Cc1nn(C)c(-n2ccc3cc(C#N)ccc32)c1C=CC(=O)NS(=O)(=O)O. The molecule has 1 amide bonds. The third-order valence-corrected chi connectivity index (χ3v) is 4.37. The van der Waals surface area contributed by atoms with Gasteiger partial charge in [-0.2, -0.15) is 18.8 Å². The number of aryl methyl sites for hydroxylation is 2. The van der Waals surface area contributed by atoms with Crippen LogP contribution in [0.5, 0.6) is 0 Å². The molecule has 0 bridgehead atoms. The number of nitrogens with one attached hydrogen (secondary N) is 1. The maximum Gasteiger partial charge on any atom is 0.359 e. The number of fused-ring (bicyclic) bond motifs is 1. The molecule has 0 radical (unpaired) electrons. The molecule has 2 aromatic heterocycles. The molecule has 3 rings (SSSR count). The van der Waals surface area contributed by atoms with Crippen LogP contribution in [-0.2, 0) is 22.1 Å². The van der Waals surface area contributed by atoms with E-state index in [2.05, 4.69) is 11.2 Å². The summed E-state index contributed by atoms with van der Waals surface area (Å²) in [5.74, 6) is -0.328. The number of benzene rings is 1. The van der Waals surface area contributed by atoms with Crippen LogP contribution in [0.4, 0.5) is 0 Å². The van der Waals surface area contributed by atoms with E-state index in [0.717, 1.165) is 17.0 Å². The summed E-state index contributed by atoms with van der Waals surface area (Å²) in [6, 6.07) is 9.24. The smallest absolute Gasteiger partial charge is 0.301 e. The van der Waals surface area contributed by atoms with E-state index in [9.17, 15) is 13.2 Å². The average molecular weight is 385 g/mol. The predicted octanol–water partition coefficient (Wildman–Crippen LogP) is 1.48. The lowest BCUT2D eigenvalue weighted by atomic mass is 10.2. The van der Waals surface area contributed by atoms with Gasteiger partial charge in [-0.15, -0.1) is 0 Å². The Balaban J connectivity index is 2.08. The van der Waals surface area contributed by atoms with Crippen molar-refractivity contribution in [2.24, 2.45) is 7.05 Å². The highest BCUT2D eigenvalue weighted by Gasteiger charge is 2.16. The molecule has 0 aliphatic carbocycles. The highest BCUT2D eigenvalue weighted by atomic mass is 32.2. The molecule has 0 spiro atoms. The van der Waals surface area contributed by atoms with Crippen LogP contribution in [0.25, 0.3) is 22.8 Å². The highest BCUT2D eigenvalue weighted by Crippen LogP contribution is 2.26. The van der Waals surface area contributed by atoms with E-state index in [1.54, 1.807) is 30.8 Å². The third kappa shape index (κ3) is 3.74. The quantitative estimate of drug-likeness (QED) is 0.517. The summed E-state index contributed by atoms with van der Waals surface area (Å²) >= 11 is 0. The first-order chi connectivity index (χ1) is 12.7. The summed E-state index contributed by atoms with van der Waals surface area (Å²) in [5.41, 5.74) is 2.61. The molecular formula is C17H15N5O4S. The van der Waals surface area contributed by atoms with Gasteiger partial charge in [-0.1, -0.05) is 0 Å². The summed E-state index contributed by atoms with van der Waals surface area (Å²) in [4.78, 5) is 11.6. The molecule has 0 saturated carbocycles. The molecule has 2 heterocycles. The van der Waals surface area contributed by atoms with E-state index in [0.29, 0.717) is 22.6 Å². The first-order valence-electron chi connectivity index (χ1n) is 7.72. The number of carbonyl (C=O) groups is 1. The average Bonchev–Trinajstić information content (AvgIpc) is 3.10. The minimum atomic E-state index is -4.62. The standard InChI is InChI=1S/C17H15N5O4S/c1-11-14(4-6-16(23)20-27(24,25)26)17(21(2)19-11)22-8-7-13-9-12(10-18)3-5-15(13)22/h3-9H,1-2H3,(H,20,23)(H,24,25,26). The van der Waals surface area contributed by atoms with Crippen LogP contribution < -0.4 is 4.72 Å². The van der Waals surface area contributed by atoms with Crippen LogP contribution in [0.1, 0.15) is 16.8 Å². The van der Waals surface area contributed by atoms with Crippen molar-refractivity contribution in [2.75, 3.05) is 0 Å². The molecule has 138 valence electrons. The molecule has 0 fully saturated rings. The molecule has 0 saturated heterocycles. The topological polar surface area (TPSA) is 130 Å². The van der Waals surface area contributed by atoms with Gasteiger partial charge in [0.15, 0.2) is 0 Å². The highest BCUT2D eigenvalue weighted by molar-refractivity contribution is 7.84. The lowest BCUT2D eigenvalue weighted by molar-refractivity contribution is -0.114. The summed E-state index contributed by atoms with van der Waals surface area (Å²) in [5, 5.41) is 14.3.